The molecule has 576 valence electrons. The fourth-order valence-electron chi connectivity index (χ4n) is 13.0. The third kappa shape index (κ3) is 16.9. The minimum absolute atomic E-state index is 0.0505. The van der Waals surface area contributed by atoms with Crippen LogP contribution in [0.15, 0.2) is 98.1 Å². The number of benzene rings is 4. The molecule has 0 atom stereocenters. The van der Waals surface area contributed by atoms with Crippen molar-refractivity contribution in [3.05, 3.63) is 167 Å². The Morgan fingerprint density at radius 1 is 0.393 bits per heavy atom. The molecule has 4 aromatic carbocycles. The van der Waals surface area contributed by atoms with Gasteiger partial charge >= 0.3 is 0 Å². The van der Waals surface area contributed by atoms with E-state index in [1.54, 1.807) is 37.2 Å². The van der Waals surface area contributed by atoms with E-state index in [0.29, 0.717) is 153 Å². The van der Waals surface area contributed by atoms with E-state index in [4.69, 9.17) is 28.2 Å². The Labute approximate surface area is 632 Å². The maximum atomic E-state index is 13.8. The lowest BCUT2D eigenvalue weighted by atomic mass is 10.1. The van der Waals surface area contributed by atoms with Crippen molar-refractivity contribution in [1.82, 2.24) is 90.4 Å². The van der Waals surface area contributed by atoms with Gasteiger partial charge < -0.3 is 92.7 Å². The Hall–Kier alpha value is -14.5. The van der Waals surface area contributed by atoms with Crippen molar-refractivity contribution in [2.75, 3.05) is 158 Å². The fraction of sp³-hybridized carbons (Fsp3) is 0.282. The zero-order chi connectivity index (χ0) is 79.0. The molecule has 4 fully saturated rings. The van der Waals surface area contributed by atoms with E-state index in [0.717, 1.165) is 79.0 Å². The number of halogens is 4. The third-order valence-corrected chi connectivity index (χ3v) is 18.7. The Kier molecular flexibility index (Phi) is 22.3. The summed E-state index contributed by atoms with van der Waals surface area (Å²) in [6.45, 7) is 15.2. The standard InChI is InChI=1S/C19H21FN8O2.C18H19FN8O2.C17H15FN8O.C17H18FN7O/c1-2-22-18(30)17-23-9-12(10-24-17)27-3-5-28(6-4-27)19-25-14-8-11(20)7-13(16(21)29)15(14)26-19;1-21-17(29)16-22-8-11(9-23-16)26-2-4-27(5-3-26)18-24-13-7-10(19)6-12(15(20)28)14(13)25-18;18-10-5-12(16(20)27)15-13(6-10)23-17(24-15)26-3-1-25(2-4-26)11-8-21-14(7-19)22-9-11;1-10-20-8-12(9-21-10)24-2-4-25(5-3-24)17-22-14-7-11(18)6-13(16(19)26)15(14)23-17/h7-10H,2-6H2,1H3,(H2,21,29)(H,22,30)(H,25,26);6-9H,2-5H2,1H3,(H2,20,28)(H,21,29)(H,24,25);5-6,8-9H,1-4H2,(H2,20,27)(H,23,24);6-9H,2-5H2,1H3,(H2,19,26)(H,22,23). The number of anilines is 8. The molecule has 37 nitrogen and oxygen atoms in total. The van der Waals surface area contributed by atoms with Gasteiger partial charge in [-0.25, -0.2) is 77.4 Å². The predicted octanol–water partition coefficient (Wildman–Crippen LogP) is 2.96. The van der Waals surface area contributed by atoms with Gasteiger partial charge in [-0.15, -0.1) is 0 Å². The summed E-state index contributed by atoms with van der Waals surface area (Å²) in [4.78, 5) is 149. The van der Waals surface area contributed by atoms with Crippen LogP contribution >= 0.6 is 0 Å². The molecule has 41 heteroatoms. The Bertz CT molecular complexity index is 5530. The number of hydrogen-bond acceptors (Lipinski definition) is 27. The monoisotopic (exact) mass is 1530 g/mol. The molecule has 4 aliphatic heterocycles. The number of piperazine rings is 4. The number of nitrogens with one attached hydrogen (secondary N) is 6. The second-order valence-electron chi connectivity index (χ2n) is 25.8. The molecule has 16 rings (SSSR count). The summed E-state index contributed by atoms with van der Waals surface area (Å²) in [7, 11) is 1.53. The number of aromatic amines is 4. The number of hydrogen-bond donors (Lipinski definition) is 10. The predicted molar refractivity (Wildman–Crippen MR) is 405 cm³/mol. The zero-order valence-electron chi connectivity index (χ0n) is 60.4. The molecule has 0 bridgehead atoms. The average Bonchev–Trinajstić information content (AvgIpc) is 1.66. The molecule has 14 N–H and O–H groups in total. The number of aromatic nitrogens is 16. The minimum Gasteiger partial charge on any atom is -0.366 e. The van der Waals surface area contributed by atoms with Crippen LogP contribution in [0.5, 0.6) is 0 Å². The van der Waals surface area contributed by atoms with E-state index in [2.05, 4.69) is 115 Å². The third-order valence-electron chi connectivity index (χ3n) is 18.7. The number of H-pyrrole nitrogens is 4. The van der Waals surface area contributed by atoms with E-state index in [-0.39, 0.29) is 51.5 Å². The van der Waals surface area contributed by atoms with Crippen molar-refractivity contribution >= 4 is 126 Å². The number of carbonyl (C=O) groups is 6. The van der Waals surface area contributed by atoms with Crippen molar-refractivity contribution < 1.29 is 46.3 Å². The first kappa shape index (κ1) is 75.7. The van der Waals surface area contributed by atoms with Gasteiger partial charge in [0.1, 0.15) is 57.2 Å². The lowest BCUT2D eigenvalue weighted by molar-refractivity contribution is 0.0940. The van der Waals surface area contributed by atoms with Gasteiger partial charge in [0.2, 0.25) is 41.3 Å². The van der Waals surface area contributed by atoms with E-state index in [1.165, 1.54) is 31.3 Å². The van der Waals surface area contributed by atoms with Gasteiger partial charge in [0.25, 0.3) is 35.4 Å². The molecule has 12 aromatic rings. The van der Waals surface area contributed by atoms with Crippen molar-refractivity contribution in [3.8, 4) is 6.07 Å². The number of aryl methyl sites for hydroxylation is 1. The first-order valence-electron chi connectivity index (χ1n) is 35.1. The molecule has 0 spiro atoms. The summed E-state index contributed by atoms with van der Waals surface area (Å²) in [5.74, 6) is -2.25. The number of primary amides is 4. The van der Waals surface area contributed by atoms with Gasteiger partial charge in [-0.05, 0) is 62.4 Å². The summed E-state index contributed by atoms with van der Waals surface area (Å²) < 4.78 is 54.9. The fourth-order valence-corrected chi connectivity index (χ4v) is 13.0. The molecule has 0 unspecified atom stereocenters. The normalized spacial score (nSPS) is 14.4. The highest BCUT2D eigenvalue weighted by Crippen LogP contribution is 2.30. The summed E-state index contributed by atoms with van der Waals surface area (Å²) in [5, 5.41) is 13.9. The average molecular weight is 1530 g/mol. The molecule has 6 amide bonds. The van der Waals surface area contributed by atoms with Crippen LogP contribution in [0.25, 0.3) is 44.1 Å². The van der Waals surface area contributed by atoms with E-state index < -0.39 is 46.9 Å². The van der Waals surface area contributed by atoms with Gasteiger partial charge in [0.05, 0.1) is 117 Å². The first-order valence-corrected chi connectivity index (χ1v) is 35.1. The quantitative estimate of drug-likeness (QED) is 0.0660. The lowest BCUT2D eigenvalue weighted by Crippen LogP contribution is -2.47. The summed E-state index contributed by atoms with van der Waals surface area (Å²) in [5.41, 5.74) is 28.3. The van der Waals surface area contributed by atoms with E-state index in [1.807, 2.05) is 47.0 Å². The topological polar surface area (TPSA) is 498 Å². The SMILES string of the molecule is CCNC(=O)c1ncc(N2CCN(c3nc4c(C(N)=O)cc(F)cc4[nH]3)CC2)cn1.CNC(=O)c1ncc(N2CCN(c3nc4c(C(N)=O)cc(F)cc4[nH]3)CC2)cn1.Cc1ncc(N2CCN(c3nc4c(C(N)=O)cc(F)cc4[nH]3)CC2)cn1.N#Cc1ncc(N2CCN(c3nc4c(C(N)=O)cc(F)cc4[nH]3)CC2)cn1. The number of carbonyl (C=O) groups excluding carboxylic acids is 6. The smallest absolute Gasteiger partial charge is 0.289 e. The molecule has 4 saturated heterocycles. The number of imidazole rings is 4. The number of nitriles is 1. The van der Waals surface area contributed by atoms with Gasteiger partial charge in [0.15, 0.2) is 0 Å². The number of fused-ring (bicyclic) bond motifs is 4. The number of nitrogens with zero attached hydrogens (tertiary/aromatic N) is 21. The zero-order valence-corrected chi connectivity index (χ0v) is 60.4. The summed E-state index contributed by atoms with van der Waals surface area (Å²) >= 11 is 0. The van der Waals surface area contributed by atoms with Crippen molar-refractivity contribution in [1.29, 1.82) is 5.26 Å². The minimum atomic E-state index is -0.724. The lowest BCUT2D eigenvalue weighted by Gasteiger charge is -2.35. The van der Waals surface area contributed by atoms with Crippen LogP contribution in [-0.2, 0) is 0 Å². The summed E-state index contributed by atoms with van der Waals surface area (Å²) in [6.07, 6.45) is 13.4. The molecule has 0 saturated carbocycles. The van der Waals surface area contributed by atoms with Gasteiger partial charge in [-0.2, -0.15) is 5.26 Å². The van der Waals surface area contributed by atoms with Crippen molar-refractivity contribution in [2.45, 2.75) is 13.8 Å². The van der Waals surface area contributed by atoms with E-state index >= 15 is 0 Å². The van der Waals surface area contributed by atoms with Crippen LogP contribution in [0.1, 0.15) is 81.2 Å². The van der Waals surface area contributed by atoms with Gasteiger partial charge in [0, 0.05) is 118 Å². The molecular formula is C71H73F4N31O6. The Balaban J connectivity index is 0.000000131. The van der Waals surface area contributed by atoms with Crippen LogP contribution in [0, 0.1) is 41.5 Å². The maximum absolute atomic E-state index is 13.8. The molecule has 12 heterocycles. The Morgan fingerprint density at radius 3 is 0.875 bits per heavy atom. The first-order chi connectivity index (χ1) is 54.0. The maximum Gasteiger partial charge on any atom is 0.289 e. The highest BCUT2D eigenvalue weighted by molar-refractivity contribution is 6.07. The Morgan fingerprint density at radius 2 is 0.634 bits per heavy atom. The molecule has 0 aliphatic carbocycles. The highest BCUT2D eigenvalue weighted by Gasteiger charge is 2.28. The largest absolute Gasteiger partial charge is 0.366 e. The van der Waals surface area contributed by atoms with E-state index in [9.17, 15) is 46.3 Å². The molecule has 8 aromatic heterocycles. The van der Waals surface area contributed by atoms with Gasteiger partial charge in [-0.1, -0.05) is 0 Å². The summed E-state index contributed by atoms with van der Waals surface area (Å²) in [6, 6.07) is 11.5. The molecule has 0 radical (unpaired) electrons. The molecule has 4 aliphatic rings. The van der Waals surface area contributed by atoms with Crippen LogP contribution < -0.4 is 72.8 Å². The van der Waals surface area contributed by atoms with Crippen LogP contribution in [0.3, 0.4) is 0 Å². The van der Waals surface area contributed by atoms with Crippen LogP contribution in [0.4, 0.5) is 64.1 Å². The second kappa shape index (κ2) is 32.9. The highest BCUT2D eigenvalue weighted by atomic mass is 19.1. The number of nitrogens with two attached hydrogens (primary N) is 4. The second-order valence-corrected chi connectivity index (χ2v) is 25.8. The van der Waals surface area contributed by atoms with Crippen molar-refractivity contribution in [2.24, 2.45) is 22.9 Å². The van der Waals surface area contributed by atoms with Gasteiger partial charge in [-0.3, -0.25) is 28.8 Å². The number of amides is 6. The van der Waals surface area contributed by atoms with Crippen molar-refractivity contribution in [3.63, 3.8) is 0 Å². The number of rotatable bonds is 15. The van der Waals surface area contributed by atoms with Crippen LogP contribution in [-0.4, -0.2) is 233 Å². The molecule has 112 heavy (non-hydrogen) atoms. The molecular weight excluding hydrogens is 1460 g/mol. The van der Waals surface area contributed by atoms with Crippen LogP contribution in [0.2, 0.25) is 0 Å².